The lowest BCUT2D eigenvalue weighted by Crippen LogP contribution is -1.88. The van der Waals surface area contributed by atoms with E-state index in [1.807, 2.05) is 25.3 Å². The van der Waals surface area contributed by atoms with Gasteiger partial charge in [-0.25, -0.2) is 0 Å². The summed E-state index contributed by atoms with van der Waals surface area (Å²) >= 11 is 0. The van der Waals surface area contributed by atoms with Gasteiger partial charge in [0.05, 0.1) is 0 Å². The molecular weight excluding hydrogens is 182 g/mol. The van der Waals surface area contributed by atoms with Crippen LogP contribution in [0.3, 0.4) is 0 Å². The molecule has 0 atom stereocenters. The zero-order valence-electron chi connectivity index (χ0n) is 9.33. The summed E-state index contributed by atoms with van der Waals surface area (Å²) in [4.78, 5) is 4.32. The van der Waals surface area contributed by atoms with Crippen molar-refractivity contribution < 1.29 is 0 Å². The highest BCUT2D eigenvalue weighted by atomic mass is 14.7. The second-order valence-electron chi connectivity index (χ2n) is 3.83. The fourth-order valence-electron chi connectivity index (χ4n) is 1.63. The molecule has 0 fully saturated rings. The van der Waals surface area contributed by atoms with E-state index in [0.717, 1.165) is 5.69 Å². The summed E-state index contributed by atoms with van der Waals surface area (Å²) < 4.78 is 0. The first-order valence-electron chi connectivity index (χ1n) is 5.09. The Balaban J connectivity index is 2.54. The molecule has 2 rings (SSSR count). The molecule has 0 saturated carbocycles. The van der Waals surface area contributed by atoms with Crippen molar-refractivity contribution in [2.75, 3.05) is 0 Å². The first-order valence-corrected chi connectivity index (χ1v) is 5.09. The van der Waals surface area contributed by atoms with Crippen molar-refractivity contribution >= 4 is 0 Å². The molecule has 2 aromatic rings. The Hall–Kier alpha value is -1.63. The molecule has 1 radical (unpaired) electrons. The lowest BCUT2D eigenvalue weighted by molar-refractivity contribution is 1.20. The van der Waals surface area contributed by atoms with E-state index in [1.165, 1.54) is 22.3 Å². The van der Waals surface area contributed by atoms with Crippen molar-refractivity contribution in [3.63, 3.8) is 0 Å². The number of rotatable bonds is 1. The minimum atomic E-state index is 1.05. The lowest BCUT2D eigenvalue weighted by Gasteiger charge is -2.07. The highest BCUT2D eigenvalue weighted by Gasteiger charge is 2.03. The normalized spacial score (nSPS) is 10.3. The molecule has 1 aromatic carbocycles. The molecule has 0 spiro atoms. The van der Waals surface area contributed by atoms with E-state index in [2.05, 4.69) is 37.0 Å². The fraction of sp³-hybridized carbons (Fsp3) is 0.214. The number of aromatic nitrogens is 1. The SMILES string of the molecule is Cc1ccc(-c2cc[c]c(C)c2C)cn1. The molecule has 1 heteroatoms. The van der Waals surface area contributed by atoms with Crippen LogP contribution in [0.15, 0.2) is 30.5 Å². The van der Waals surface area contributed by atoms with Crippen molar-refractivity contribution in [3.8, 4) is 11.1 Å². The molecule has 0 N–H and O–H groups in total. The van der Waals surface area contributed by atoms with Crippen LogP contribution in [0.4, 0.5) is 0 Å². The first-order chi connectivity index (χ1) is 7.18. The summed E-state index contributed by atoms with van der Waals surface area (Å²) in [6.07, 6.45) is 1.93. The van der Waals surface area contributed by atoms with Crippen LogP contribution in [0.25, 0.3) is 11.1 Å². The predicted molar refractivity (Wildman–Crippen MR) is 62.7 cm³/mol. The summed E-state index contributed by atoms with van der Waals surface area (Å²) in [5.74, 6) is 0. The second kappa shape index (κ2) is 3.85. The average molecular weight is 196 g/mol. The Morgan fingerprint density at radius 3 is 2.53 bits per heavy atom. The van der Waals surface area contributed by atoms with Crippen molar-refractivity contribution in [2.45, 2.75) is 20.8 Å². The fourth-order valence-corrected chi connectivity index (χ4v) is 1.63. The van der Waals surface area contributed by atoms with Crippen LogP contribution in [0, 0.1) is 26.8 Å². The Kier molecular flexibility index (Phi) is 2.55. The van der Waals surface area contributed by atoms with Gasteiger partial charge in [0.1, 0.15) is 0 Å². The molecule has 75 valence electrons. The zero-order chi connectivity index (χ0) is 10.8. The van der Waals surface area contributed by atoms with E-state index in [1.54, 1.807) is 0 Å². The Morgan fingerprint density at radius 2 is 1.87 bits per heavy atom. The number of pyridine rings is 1. The maximum atomic E-state index is 4.32. The quantitative estimate of drug-likeness (QED) is 0.680. The number of aryl methyl sites for hydroxylation is 2. The van der Waals surface area contributed by atoms with Gasteiger partial charge in [0.2, 0.25) is 0 Å². The van der Waals surface area contributed by atoms with Crippen LogP contribution in [0.5, 0.6) is 0 Å². The van der Waals surface area contributed by atoms with Gasteiger partial charge in [0, 0.05) is 17.5 Å². The lowest BCUT2D eigenvalue weighted by atomic mass is 9.98. The van der Waals surface area contributed by atoms with Crippen molar-refractivity contribution in [1.29, 1.82) is 0 Å². The zero-order valence-corrected chi connectivity index (χ0v) is 9.33. The van der Waals surface area contributed by atoms with E-state index in [0.29, 0.717) is 0 Å². The molecule has 0 aliphatic heterocycles. The smallest absolute Gasteiger partial charge is 0.0373 e. The van der Waals surface area contributed by atoms with Crippen molar-refractivity contribution in [3.05, 3.63) is 53.3 Å². The summed E-state index contributed by atoms with van der Waals surface area (Å²) in [7, 11) is 0. The van der Waals surface area contributed by atoms with Gasteiger partial charge in [-0.3, -0.25) is 4.98 Å². The van der Waals surface area contributed by atoms with Crippen molar-refractivity contribution in [2.24, 2.45) is 0 Å². The maximum absolute atomic E-state index is 4.32. The number of nitrogens with zero attached hydrogens (tertiary/aromatic N) is 1. The summed E-state index contributed by atoms with van der Waals surface area (Å²) in [6.45, 7) is 6.21. The minimum Gasteiger partial charge on any atom is -0.261 e. The molecular formula is C14H14N. The Bertz CT molecular complexity index is 469. The maximum Gasteiger partial charge on any atom is 0.0373 e. The van der Waals surface area contributed by atoms with Gasteiger partial charge in [-0.05, 0) is 49.6 Å². The highest BCUT2D eigenvalue weighted by Crippen LogP contribution is 2.24. The van der Waals surface area contributed by atoms with E-state index in [4.69, 9.17) is 0 Å². The van der Waals surface area contributed by atoms with E-state index < -0.39 is 0 Å². The molecule has 1 heterocycles. The molecule has 0 unspecified atom stereocenters. The Morgan fingerprint density at radius 1 is 1.07 bits per heavy atom. The minimum absolute atomic E-state index is 1.05. The third kappa shape index (κ3) is 1.91. The molecule has 0 aliphatic carbocycles. The average Bonchev–Trinajstić information content (AvgIpc) is 2.24. The number of benzene rings is 1. The molecule has 0 saturated heterocycles. The van der Waals surface area contributed by atoms with E-state index in [-0.39, 0.29) is 0 Å². The van der Waals surface area contributed by atoms with Crippen LogP contribution in [0.2, 0.25) is 0 Å². The van der Waals surface area contributed by atoms with Gasteiger partial charge >= 0.3 is 0 Å². The number of hydrogen-bond donors (Lipinski definition) is 0. The summed E-state index contributed by atoms with van der Waals surface area (Å²) in [5.41, 5.74) is 5.96. The topological polar surface area (TPSA) is 12.9 Å². The van der Waals surface area contributed by atoms with Crippen LogP contribution in [-0.4, -0.2) is 4.98 Å². The van der Waals surface area contributed by atoms with Crippen LogP contribution < -0.4 is 0 Å². The predicted octanol–water partition coefficient (Wildman–Crippen LogP) is 3.47. The van der Waals surface area contributed by atoms with Crippen LogP contribution in [-0.2, 0) is 0 Å². The largest absolute Gasteiger partial charge is 0.261 e. The first kappa shape index (κ1) is 9.91. The van der Waals surface area contributed by atoms with Crippen LogP contribution >= 0.6 is 0 Å². The van der Waals surface area contributed by atoms with E-state index in [9.17, 15) is 0 Å². The monoisotopic (exact) mass is 196 g/mol. The second-order valence-corrected chi connectivity index (χ2v) is 3.83. The van der Waals surface area contributed by atoms with Gasteiger partial charge < -0.3 is 0 Å². The third-order valence-electron chi connectivity index (χ3n) is 2.74. The molecule has 0 amide bonds. The Labute approximate surface area is 90.8 Å². The van der Waals surface area contributed by atoms with Gasteiger partial charge in [-0.2, -0.15) is 0 Å². The molecule has 1 nitrogen and oxygen atoms in total. The summed E-state index contributed by atoms with van der Waals surface area (Å²) in [5, 5.41) is 0. The third-order valence-corrected chi connectivity index (χ3v) is 2.74. The molecule has 15 heavy (non-hydrogen) atoms. The van der Waals surface area contributed by atoms with Crippen molar-refractivity contribution in [1.82, 2.24) is 4.98 Å². The van der Waals surface area contributed by atoms with Gasteiger partial charge in [-0.1, -0.05) is 18.2 Å². The molecule has 0 aliphatic rings. The highest BCUT2D eigenvalue weighted by molar-refractivity contribution is 5.67. The number of hydrogen-bond acceptors (Lipinski definition) is 1. The molecule has 0 bridgehead atoms. The van der Waals surface area contributed by atoms with E-state index >= 15 is 0 Å². The standard InChI is InChI=1S/C14H14N/c1-10-5-4-6-14(12(10)3)13-8-7-11(2)15-9-13/h4,6-9H,1-3H3. The van der Waals surface area contributed by atoms with Gasteiger partial charge in [0.15, 0.2) is 0 Å². The van der Waals surface area contributed by atoms with Crippen LogP contribution in [0.1, 0.15) is 16.8 Å². The summed E-state index contributed by atoms with van der Waals surface area (Å²) in [6, 6.07) is 11.4. The van der Waals surface area contributed by atoms with Gasteiger partial charge in [-0.15, -0.1) is 0 Å². The van der Waals surface area contributed by atoms with Gasteiger partial charge in [0.25, 0.3) is 0 Å². The molecule has 1 aromatic heterocycles.